The van der Waals surface area contributed by atoms with Crippen molar-refractivity contribution in [2.75, 3.05) is 0 Å². The first-order chi connectivity index (χ1) is 9.63. The van der Waals surface area contributed by atoms with Crippen molar-refractivity contribution in [1.82, 2.24) is 9.97 Å². The zero-order chi connectivity index (χ0) is 14.1. The number of ether oxygens (including phenoxy) is 1. The van der Waals surface area contributed by atoms with Crippen molar-refractivity contribution >= 4 is 38.8 Å². The van der Waals surface area contributed by atoms with Crippen LogP contribution in [0.5, 0.6) is 11.6 Å². The van der Waals surface area contributed by atoms with Crippen LogP contribution < -0.4 is 4.74 Å². The SMILES string of the molecule is O=[N+]([O-])c1cccc(Oc2nc(Cl)nc3ccsc23)c1. The topological polar surface area (TPSA) is 78.2 Å². The van der Waals surface area contributed by atoms with E-state index in [1.54, 1.807) is 18.2 Å². The van der Waals surface area contributed by atoms with Gasteiger partial charge in [-0.3, -0.25) is 10.1 Å². The molecule has 3 aromatic rings. The van der Waals surface area contributed by atoms with Gasteiger partial charge in [-0.1, -0.05) is 6.07 Å². The molecule has 0 amide bonds. The highest BCUT2D eigenvalue weighted by atomic mass is 35.5. The average Bonchev–Trinajstić information content (AvgIpc) is 2.87. The molecule has 100 valence electrons. The van der Waals surface area contributed by atoms with E-state index in [1.165, 1.54) is 23.5 Å². The molecule has 0 aliphatic heterocycles. The number of rotatable bonds is 3. The van der Waals surface area contributed by atoms with Crippen LogP contribution in [0.4, 0.5) is 5.69 Å². The van der Waals surface area contributed by atoms with Crippen LogP contribution in [0.15, 0.2) is 35.7 Å². The highest BCUT2D eigenvalue weighted by molar-refractivity contribution is 7.17. The number of aromatic nitrogens is 2. The number of nitro groups is 1. The lowest BCUT2D eigenvalue weighted by molar-refractivity contribution is -0.384. The van der Waals surface area contributed by atoms with Crippen LogP contribution in [0.25, 0.3) is 10.2 Å². The Morgan fingerprint density at radius 2 is 2.15 bits per heavy atom. The second-order valence-corrected chi connectivity index (χ2v) is 5.04. The molecular weight excluding hydrogens is 302 g/mol. The molecule has 0 unspecified atom stereocenters. The van der Waals surface area contributed by atoms with Gasteiger partial charge in [0.05, 0.1) is 16.5 Å². The maximum atomic E-state index is 10.7. The van der Waals surface area contributed by atoms with Gasteiger partial charge in [0.2, 0.25) is 11.2 Å². The standard InChI is InChI=1S/C12H6ClN3O3S/c13-12-14-9-4-5-20-10(9)11(15-12)19-8-3-1-2-7(6-8)16(17)18/h1-6H. The van der Waals surface area contributed by atoms with Crippen LogP contribution in [-0.4, -0.2) is 14.9 Å². The first-order valence-corrected chi connectivity index (χ1v) is 6.72. The quantitative estimate of drug-likeness (QED) is 0.414. The van der Waals surface area contributed by atoms with E-state index in [0.717, 1.165) is 4.70 Å². The average molecular weight is 308 g/mol. The molecule has 0 aliphatic rings. The zero-order valence-electron chi connectivity index (χ0n) is 9.82. The fourth-order valence-corrected chi connectivity index (χ4v) is 2.57. The summed E-state index contributed by atoms with van der Waals surface area (Å²) in [6.07, 6.45) is 0. The van der Waals surface area contributed by atoms with Crippen LogP contribution in [0.3, 0.4) is 0 Å². The number of halogens is 1. The molecule has 0 N–H and O–H groups in total. The van der Waals surface area contributed by atoms with E-state index in [4.69, 9.17) is 16.3 Å². The summed E-state index contributed by atoms with van der Waals surface area (Å²) in [5.74, 6) is 0.610. The molecule has 20 heavy (non-hydrogen) atoms. The number of thiophene rings is 1. The molecule has 0 saturated heterocycles. The molecule has 0 saturated carbocycles. The minimum atomic E-state index is -0.486. The molecule has 0 aliphatic carbocycles. The first kappa shape index (κ1) is 12.8. The fraction of sp³-hybridized carbons (Fsp3) is 0. The van der Waals surface area contributed by atoms with Crippen LogP contribution >= 0.6 is 22.9 Å². The molecule has 0 fully saturated rings. The summed E-state index contributed by atoms with van der Waals surface area (Å²) in [6.45, 7) is 0. The molecule has 3 rings (SSSR count). The lowest BCUT2D eigenvalue weighted by atomic mass is 10.3. The zero-order valence-corrected chi connectivity index (χ0v) is 11.4. The number of non-ortho nitro benzene ring substituents is 1. The van der Waals surface area contributed by atoms with Crippen LogP contribution in [0.2, 0.25) is 5.28 Å². The van der Waals surface area contributed by atoms with Crippen molar-refractivity contribution in [3.05, 3.63) is 51.1 Å². The van der Waals surface area contributed by atoms with Crippen LogP contribution in [0, 0.1) is 10.1 Å². The van der Waals surface area contributed by atoms with E-state index in [9.17, 15) is 10.1 Å². The van der Waals surface area contributed by atoms with Gasteiger partial charge in [0.15, 0.2) is 0 Å². The summed E-state index contributed by atoms with van der Waals surface area (Å²) in [6, 6.07) is 7.67. The second-order valence-electron chi connectivity index (χ2n) is 3.79. The fourth-order valence-electron chi connectivity index (χ4n) is 1.65. The molecule has 2 aromatic heterocycles. The Morgan fingerprint density at radius 3 is 2.95 bits per heavy atom. The van der Waals surface area contributed by atoms with Gasteiger partial charge < -0.3 is 4.74 Å². The molecule has 0 atom stereocenters. The number of nitrogens with zero attached hydrogens (tertiary/aromatic N) is 3. The highest BCUT2D eigenvalue weighted by Crippen LogP contribution is 2.33. The largest absolute Gasteiger partial charge is 0.437 e. The second kappa shape index (κ2) is 5.03. The highest BCUT2D eigenvalue weighted by Gasteiger charge is 2.12. The Hall–Kier alpha value is -2.25. The summed E-state index contributed by atoms with van der Waals surface area (Å²) in [5.41, 5.74) is 0.625. The summed E-state index contributed by atoms with van der Waals surface area (Å²) < 4.78 is 6.33. The van der Waals surface area contributed by atoms with Crippen molar-refractivity contribution in [2.24, 2.45) is 0 Å². The number of benzene rings is 1. The maximum absolute atomic E-state index is 10.7. The maximum Gasteiger partial charge on any atom is 0.273 e. The van der Waals surface area contributed by atoms with E-state index in [-0.39, 0.29) is 16.9 Å². The molecule has 1 aromatic carbocycles. The summed E-state index contributed by atoms with van der Waals surface area (Å²) in [4.78, 5) is 18.3. The summed E-state index contributed by atoms with van der Waals surface area (Å²) in [5, 5.41) is 12.6. The Morgan fingerprint density at radius 1 is 1.30 bits per heavy atom. The molecule has 0 spiro atoms. The lowest BCUT2D eigenvalue weighted by Crippen LogP contribution is -1.92. The van der Waals surface area contributed by atoms with Crippen molar-refractivity contribution in [3.8, 4) is 11.6 Å². The minimum Gasteiger partial charge on any atom is -0.437 e. The Kier molecular flexibility index (Phi) is 3.21. The van der Waals surface area contributed by atoms with E-state index in [0.29, 0.717) is 11.3 Å². The van der Waals surface area contributed by atoms with E-state index < -0.39 is 4.92 Å². The number of hydrogen-bond acceptors (Lipinski definition) is 6. The van der Waals surface area contributed by atoms with Crippen molar-refractivity contribution < 1.29 is 9.66 Å². The van der Waals surface area contributed by atoms with Gasteiger partial charge in [-0.05, 0) is 29.1 Å². The monoisotopic (exact) mass is 307 g/mol. The summed E-state index contributed by atoms with van der Waals surface area (Å²) in [7, 11) is 0. The minimum absolute atomic E-state index is 0.0509. The molecule has 0 radical (unpaired) electrons. The van der Waals surface area contributed by atoms with Crippen molar-refractivity contribution in [2.45, 2.75) is 0 Å². The molecular formula is C12H6ClN3O3S. The van der Waals surface area contributed by atoms with Gasteiger partial charge in [0.1, 0.15) is 10.4 Å². The lowest BCUT2D eigenvalue weighted by Gasteiger charge is -2.05. The number of hydrogen-bond donors (Lipinski definition) is 0. The third-order valence-corrected chi connectivity index (χ3v) is 3.55. The third kappa shape index (κ3) is 2.40. The predicted octanol–water partition coefficient (Wildman–Crippen LogP) is 4.05. The van der Waals surface area contributed by atoms with Crippen LogP contribution in [-0.2, 0) is 0 Å². The van der Waals surface area contributed by atoms with Crippen LogP contribution in [0.1, 0.15) is 0 Å². The molecule has 0 bridgehead atoms. The Bertz CT molecular complexity index is 805. The molecule has 6 nitrogen and oxygen atoms in total. The Labute approximate surface area is 121 Å². The number of nitro benzene ring substituents is 1. The molecule has 2 heterocycles. The Balaban J connectivity index is 2.02. The van der Waals surface area contributed by atoms with Crippen molar-refractivity contribution in [1.29, 1.82) is 0 Å². The van der Waals surface area contributed by atoms with Crippen molar-refractivity contribution in [3.63, 3.8) is 0 Å². The van der Waals surface area contributed by atoms with E-state index in [1.807, 2.05) is 5.38 Å². The smallest absolute Gasteiger partial charge is 0.273 e. The number of fused-ring (bicyclic) bond motifs is 1. The normalized spacial score (nSPS) is 10.7. The molecule has 8 heteroatoms. The predicted molar refractivity (Wildman–Crippen MR) is 75.6 cm³/mol. The van der Waals surface area contributed by atoms with E-state index >= 15 is 0 Å². The third-order valence-electron chi connectivity index (χ3n) is 2.49. The van der Waals surface area contributed by atoms with E-state index in [2.05, 4.69) is 9.97 Å². The first-order valence-electron chi connectivity index (χ1n) is 5.46. The van der Waals surface area contributed by atoms with Gasteiger partial charge in [0.25, 0.3) is 5.69 Å². The van der Waals surface area contributed by atoms with Gasteiger partial charge in [-0.2, -0.15) is 4.98 Å². The summed E-state index contributed by atoms with van der Waals surface area (Å²) >= 11 is 7.23. The van der Waals surface area contributed by atoms with Gasteiger partial charge in [-0.25, -0.2) is 4.98 Å². The van der Waals surface area contributed by atoms with Gasteiger partial charge in [0, 0.05) is 6.07 Å². The van der Waals surface area contributed by atoms with Gasteiger partial charge in [-0.15, -0.1) is 11.3 Å². The van der Waals surface area contributed by atoms with Gasteiger partial charge >= 0.3 is 0 Å².